The molecule has 0 unspecified atom stereocenters. The van der Waals surface area contributed by atoms with Crippen LogP contribution in [0.25, 0.3) is 0 Å². The molecule has 1 saturated carbocycles. The molecule has 5 heteroatoms. The standard InChI is InChI=1S/C27H36N2O3/c1-4-25(27(31)28-23-10-6-5-7-11-23)29(18-22-15-13-20(2)14-16-22)26(30)19-32-24-12-8-9-21(3)17-24/h8-9,12-17,23,25H,4-7,10-11,18-19H2,1-3H3,(H,28,31)/t25-/m1/s1. The van der Waals surface area contributed by atoms with Gasteiger partial charge in [-0.3, -0.25) is 9.59 Å². The number of aryl methyl sites for hydroxylation is 2. The third-order valence-electron chi connectivity index (χ3n) is 6.16. The number of ether oxygens (including phenoxy) is 1. The van der Waals surface area contributed by atoms with Crippen molar-refractivity contribution in [3.05, 3.63) is 65.2 Å². The van der Waals surface area contributed by atoms with Gasteiger partial charge in [0.05, 0.1) is 0 Å². The Morgan fingerprint density at radius 3 is 2.41 bits per heavy atom. The Balaban J connectivity index is 1.74. The van der Waals surface area contributed by atoms with Crippen molar-refractivity contribution in [2.75, 3.05) is 6.61 Å². The number of carbonyl (C=O) groups excluding carboxylic acids is 2. The van der Waals surface area contributed by atoms with E-state index in [9.17, 15) is 9.59 Å². The highest BCUT2D eigenvalue weighted by Crippen LogP contribution is 2.19. The maximum absolute atomic E-state index is 13.3. The van der Waals surface area contributed by atoms with Crippen LogP contribution in [0.15, 0.2) is 48.5 Å². The van der Waals surface area contributed by atoms with E-state index >= 15 is 0 Å². The van der Waals surface area contributed by atoms with Crippen molar-refractivity contribution >= 4 is 11.8 Å². The van der Waals surface area contributed by atoms with E-state index in [0.717, 1.165) is 42.4 Å². The number of carbonyl (C=O) groups is 2. The van der Waals surface area contributed by atoms with E-state index in [0.29, 0.717) is 18.7 Å². The molecule has 0 spiro atoms. The van der Waals surface area contributed by atoms with Crippen molar-refractivity contribution in [3.63, 3.8) is 0 Å². The van der Waals surface area contributed by atoms with E-state index < -0.39 is 6.04 Å². The van der Waals surface area contributed by atoms with Crippen molar-refractivity contribution in [3.8, 4) is 5.75 Å². The molecule has 3 rings (SSSR count). The fourth-order valence-electron chi connectivity index (χ4n) is 4.29. The van der Waals surface area contributed by atoms with Gasteiger partial charge in [-0.25, -0.2) is 0 Å². The molecule has 1 aliphatic carbocycles. The van der Waals surface area contributed by atoms with Crippen LogP contribution in [0, 0.1) is 13.8 Å². The third-order valence-corrected chi connectivity index (χ3v) is 6.16. The first-order valence-corrected chi connectivity index (χ1v) is 11.8. The topological polar surface area (TPSA) is 58.6 Å². The van der Waals surface area contributed by atoms with Crippen LogP contribution >= 0.6 is 0 Å². The van der Waals surface area contributed by atoms with Gasteiger partial charge in [0.2, 0.25) is 5.91 Å². The summed E-state index contributed by atoms with van der Waals surface area (Å²) >= 11 is 0. The van der Waals surface area contributed by atoms with E-state index in [1.54, 1.807) is 4.90 Å². The summed E-state index contributed by atoms with van der Waals surface area (Å²) in [6.07, 6.45) is 6.13. The van der Waals surface area contributed by atoms with Crippen molar-refractivity contribution in [1.82, 2.24) is 10.2 Å². The molecule has 1 aliphatic rings. The maximum atomic E-state index is 13.3. The quantitative estimate of drug-likeness (QED) is 0.606. The second kappa shape index (κ2) is 11.7. The van der Waals surface area contributed by atoms with Crippen molar-refractivity contribution in [1.29, 1.82) is 0 Å². The van der Waals surface area contributed by atoms with Crippen LogP contribution in [0.4, 0.5) is 0 Å². The molecule has 0 heterocycles. The number of hydrogen-bond acceptors (Lipinski definition) is 3. The van der Waals surface area contributed by atoms with E-state index in [-0.39, 0.29) is 24.5 Å². The van der Waals surface area contributed by atoms with Crippen LogP contribution in [0.3, 0.4) is 0 Å². The predicted octanol–water partition coefficient (Wildman–Crippen LogP) is 4.94. The smallest absolute Gasteiger partial charge is 0.261 e. The summed E-state index contributed by atoms with van der Waals surface area (Å²) in [5.41, 5.74) is 3.24. The number of amides is 2. The molecule has 172 valence electrons. The summed E-state index contributed by atoms with van der Waals surface area (Å²) in [6, 6.07) is 15.4. The highest BCUT2D eigenvalue weighted by molar-refractivity contribution is 5.88. The minimum atomic E-state index is -0.521. The van der Waals surface area contributed by atoms with Gasteiger partial charge >= 0.3 is 0 Å². The van der Waals surface area contributed by atoms with Gasteiger partial charge in [0.15, 0.2) is 6.61 Å². The zero-order valence-electron chi connectivity index (χ0n) is 19.6. The predicted molar refractivity (Wildman–Crippen MR) is 127 cm³/mol. The molecule has 2 aromatic carbocycles. The first kappa shape index (κ1) is 23.8. The number of nitrogens with one attached hydrogen (secondary N) is 1. The Bertz CT molecular complexity index is 888. The van der Waals surface area contributed by atoms with Gasteiger partial charge in [-0.2, -0.15) is 0 Å². The lowest BCUT2D eigenvalue weighted by Gasteiger charge is -2.32. The molecular formula is C27H36N2O3. The second-order valence-electron chi connectivity index (χ2n) is 8.88. The van der Waals surface area contributed by atoms with Gasteiger partial charge in [-0.05, 0) is 56.4 Å². The number of hydrogen-bond donors (Lipinski definition) is 1. The van der Waals surface area contributed by atoms with Crippen molar-refractivity contribution < 1.29 is 14.3 Å². The molecule has 2 aromatic rings. The number of rotatable bonds is 9. The minimum Gasteiger partial charge on any atom is -0.484 e. The molecule has 0 aliphatic heterocycles. The third kappa shape index (κ3) is 6.84. The summed E-state index contributed by atoms with van der Waals surface area (Å²) < 4.78 is 5.79. The SMILES string of the molecule is CC[C@H](C(=O)NC1CCCCC1)N(Cc1ccc(C)cc1)C(=O)COc1cccc(C)c1. The van der Waals surface area contributed by atoms with Crippen LogP contribution < -0.4 is 10.1 Å². The number of nitrogens with zero attached hydrogens (tertiary/aromatic N) is 1. The fourth-order valence-corrected chi connectivity index (χ4v) is 4.29. The Labute approximate surface area is 192 Å². The van der Waals surface area contributed by atoms with Gasteiger partial charge in [0, 0.05) is 12.6 Å². The van der Waals surface area contributed by atoms with E-state index in [1.165, 1.54) is 6.42 Å². The summed E-state index contributed by atoms with van der Waals surface area (Å²) in [5, 5.41) is 3.21. The Morgan fingerprint density at radius 2 is 1.75 bits per heavy atom. The first-order chi connectivity index (χ1) is 15.5. The lowest BCUT2D eigenvalue weighted by Crippen LogP contribution is -2.52. The van der Waals surface area contributed by atoms with E-state index in [4.69, 9.17) is 4.74 Å². The lowest BCUT2D eigenvalue weighted by atomic mass is 9.95. The summed E-state index contributed by atoms with van der Waals surface area (Å²) in [7, 11) is 0. The van der Waals surface area contributed by atoms with Crippen LogP contribution in [0.1, 0.15) is 62.1 Å². The fraction of sp³-hybridized carbons (Fsp3) is 0.481. The average molecular weight is 437 g/mol. The van der Waals surface area contributed by atoms with Crippen LogP contribution in [-0.2, 0) is 16.1 Å². The Kier molecular flexibility index (Phi) is 8.72. The molecule has 0 radical (unpaired) electrons. The molecule has 0 aromatic heterocycles. The van der Waals surface area contributed by atoms with Crippen LogP contribution in [0.2, 0.25) is 0 Å². The van der Waals surface area contributed by atoms with Gasteiger partial charge in [0.1, 0.15) is 11.8 Å². The maximum Gasteiger partial charge on any atom is 0.261 e. The van der Waals surface area contributed by atoms with E-state index in [2.05, 4.69) is 5.32 Å². The average Bonchev–Trinajstić information content (AvgIpc) is 2.79. The minimum absolute atomic E-state index is 0.0598. The van der Waals surface area contributed by atoms with Gasteiger partial charge in [-0.1, -0.05) is 68.1 Å². The summed E-state index contributed by atoms with van der Waals surface area (Å²) in [5.74, 6) is 0.418. The zero-order valence-corrected chi connectivity index (χ0v) is 19.6. The van der Waals surface area contributed by atoms with Crippen LogP contribution in [0.5, 0.6) is 5.75 Å². The van der Waals surface area contributed by atoms with Gasteiger partial charge in [0.25, 0.3) is 5.91 Å². The molecule has 5 nitrogen and oxygen atoms in total. The zero-order chi connectivity index (χ0) is 22.9. The molecule has 0 saturated heterocycles. The molecule has 1 fully saturated rings. The van der Waals surface area contributed by atoms with Crippen molar-refractivity contribution in [2.45, 2.75) is 77.9 Å². The Morgan fingerprint density at radius 1 is 1.03 bits per heavy atom. The largest absolute Gasteiger partial charge is 0.484 e. The Hall–Kier alpha value is -2.82. The van der Waals surface area contributed by atoms with Gasteiger partial charge < -0.3 is 15.0 Å². The molecular weight excluding hydrogens is 400 g/mol. The highest BCUT2D eigenvalue weighted by atomic mass is 16.5. The highest BCUT2D eigenvalue weighted by Gasteiger charge is 2.30. The molecule has 32 heavy (non-hydrogen) atoms. The lowest BCUT2D eigenvalue weighted by molar-refractivity contribution is -0.143. The number of benzene rings is 2. The molecule has 0 bridgehead atoms. The first-order valence-electron chi connectivity index (χ1n) is 11.8. The molecule has 2 amide bonds. The van der Waals surface area contributed by atoms with Gasteiger partial charge in [-0.15, -0.1) is 0 Å². The molecule has 1 atom stereocenters. The van der Waals surface area contributed by atoms with Crippen molar-refractivity contribution in [2.24, 2.45) is 0 Å². The summed E-state index contributed by atoms with van der Waals surface area (Å²) in [4.78, 5) is 28.2. The normalized spacial score (nSPS) is 15.1. The molecule has 1 N–H and O–H groups in total. The van der Waals surface area contributed by atoms with E-state index in [1.807, 2.05) is 69.3 Å². The summed E-state index contributed by atoms with van der Waals surface area (Å²) in [6.45, 7) is 6.27. The monoisotopic (exact) mass is 436 g/mol. The second-order valence-corrected chi connectivity index (χ2v) is 8.88. The van der Waals surface area contributed by atoms with Crippen LogP contribution in [-0.4, -0.2) is 35.4 Å².